The molecule has 9 heteroatoms. The van der Waals surface area contributed by atoms with Crippen LogP contribution in [0.1, 0.15) is 0 Å². The standard InChI is InChI=1S/C16H14N2O5S2/c1-3-9-25(21,22)14-5-4-8-17-15(14)16-18-12-10-11(24(2,19)20)6-7-13(12)23-16/h3-8,10H,1,9H2,2H3. The van der Waals surface area contributed by atoms with E-state index in [1.54, 1.807) is 0 Å². The molecule has 0 saturated carbocycles. The van der Waals surface area contributed by atoms with E-state index in [4.69, 9.17) is 4.42 Å². The molecule has 0 atom stereocenters. The van der Waals surface area contributed by atoms with Crippen LogP contribution in [0.15, 0.2) is 63.4 Å². The Balaban J connectivity index is 2.20. The number of sulfone groups is 2. The van der Waals surface area contributed by atoms with Gasteiger partial charge in [-0.1, -0.05) is 6.08 Å². The third-order valence-electron chi connectivity index (χ3n) is 3.43. The van der Waals surface area contributed by atoms with Crippen molar-refractivity contribution >= 4 is 30.8 Å². The second-order valence-corrected chi connectivity index (χ2v) is 9.36. The lowest BCUT2D eigenvalue weighted by molar-refractivity contribution is 0.593. The van der Waals surface area contributed by atoms with Gasteiger partial charge in [-0.05, 0) is 30.3 Å². The van der Waals surface area contributed by atoms with Crippen molar-refractivity contribution in [2.24, 2.45) is 0 Å². The van der Waals surface area contributed by atoms with Crippen molar-refractivity contribution in [1.29, 1.82) is 0 Å². The van der Waals surface area contributed by atoms with Crippen LogP contribution in [0, 0.1) is 0 Å². The molecule has 2 aromatic heterocycles. The molecule has 0 aliphatic rings. The highest BCUT2D eigenvalue weighted by Crippen LogP contribution is 2.29. The highest BCUT2D eigenvalue weighted by molar-refractivity contribution is 7.91. The summed E-state index contributed by atoms with van der Waals surface area (Å²) in [6.45, 7) is 3.45. The van der Waals surface area contributed by atoms with Crippen molar-refractivity contribution < 1.29 is 21.3 Å². The van der Waals surface area contributed by atoms with Gasteiger partial charge < -0.3 is 4.42 Å². The molecule has 0 bridgehead atoms. The van der Waals surface area contributed by atoms with Crippen LogP contribution < -0.4 is 0 Å². The molecular weight excluding hydrogens is 364 g/mol. The first-order chi connectivity index (χ1) is 11.7. The maximum absolute atomic E-state index is 12.4. The number of benzene rings is 1. The number of oxazole rings is 1. The van der Waals surface area contributed by atoms with E-state index in [9.17, 15) is 16.8 Å². The number of nitrogens with zero attached hydrogens (tertiary/aromatic N) is 2. The van der Waals surface area contributed by atoms with E-state index in [2.05, 4.69) is 16.5 Å². The number of aromatic nitrogens is 2. The quantitative estimate of drug-likeness (QED) is 0.627. The number of fused-ring (bicyclic) bond motifs is 1. The van der Waals surface area contributed by atoms with Crippen LogP contribution in [-0.2, 0) is 19.7 Å². The van der Waals surface area contributed by atoms with Crippen molar-refractivity contribution in [3.63, 3.8) is 0 Å². The van der Waals surface area contributed by atoms with Crippen LogP contribution in [0.3, 0.4) is 0 Å². The number of hydrogen-bond acceptors (Lipinski definition) is 7. The van der Waals surface area contributed by atoms with Crippen LogP contribution in [0.25, 0.3) is 22.7 Å². The lowest BCUT2D eigenvalue weighted by atomic mass is 10.3. The molecule has 7 nitrogen and oxygen atoms in total. The van der Waals surface area contributed by atoms with Gasteiger partial charge in [0, 0.05) is 12.5 Å². The minimum absolute atomic E-state index is 0.00360. The minimum atomic E-state index is -3.63. The van der Waals surface area contributed by atoms with Crippen molar-refractivity contribution in [1.82, 2.24) is 9.97 Å². The minimum Gasteiger partial charge on any atom is -0.435 e. The predicted molar refractivity (Wildman–Crippen MR) is 92.6 cm³/mol. The fourth-order valence-corrected chi connectivity index (χ4v) is 4.14. The molecule has 0 radical (unpaired) electrons. The summed E-state index contributed by atoms with van der Waals surface area (Å²) in [5.41, 5.74) is 0.706. The average molecular weight is 378 g/mol. The van der Waals surface area contributed by atoms with Gasteiger partial charge in [0.1, 0.15) is 11.2 Å². The first-order valence-corrected chi connectivity index (χ1v) is 10.7. The molecule has 1 aromatic carbocycles. The third-order valence-corrected chi connectivity index (χ3v) is 6.22. The highest BCUT2D eigenvalue weighted by atomic mass is 32.2. The second kappa shape index (κ2) is 6.08. The first-order valence-electron chi connectivity index (χ1n) is 7.12. The molecule has 2 heterocycles. The van der Waals surface area contributed by atoms with Crippen LogP contribution in [-0.4, -0.2) is 38.8 Å². The van der Waals surface area contributed by atoms with Gasteiger partial charge in [0.05, 0.1) is 15.5 Å². The SMILES string of the molecule is C=CCS(=O)(=O)c1cccnc1-c1nc2cc(S(C)(=O)=O)ccc2o1. The van der Waals surface area contributed by atoms with Crippen LogP contribution >= 0.6 is 0 Å². The molecule has 0 saturated heterocycles. The van der Waals surface area contributed by atoms with E-state index in [1.807, 2.05) is 0 Å². The van der Waals surface area contributed by atoms with E-state index in [-0.39, 0.29) is 27.1 Å². The van der Waals surface area contributed by atoms with Crippen molar-refractivity contribution in [3.05, 3.63) is 49.2 Å². The fourth-order valence-electron chi connectivity index (χ4n) is 2.29. The van der Waals surface area contributed by atoms with Crippen LogP contribution in [0.4, 0.5) is 0 Å². The van der Waals surface area contributed by atoms with Crippen LogP contribution in [0.2, 0.25) is 0 Å². The molecule has 0 aliphatic carbocycles. The molecule has 130 valence electrons. The van der Waals surface area contributed by atoms with E-state index in [0.29, 0.717) is 11.1 Å². The maximum Gasteiger partial charge on any atom is 0.247 e. The Hall–Kier alpha value is -2.52. The molecule has 0 amide bonds. The zero-order valence-corrected chi connectivity index (χ0v) is 14.8. The summed E-state index contributed by atoms with van der Waals surface area (Å²) < 4.78 is 53.6. The second-order valence-electron chi connectivity index (χ2n) is 5.34. The summed E-state index contributed by atoms with van der Waals surface area (Å²) >= 11 is 0. The Bertz CT molecular complexity index is 1180. The van der Waals surface area contributed by atoms with Crippen molar-refractivity contribution in [2.75, 3.05) is 12.0 Å². The van der Waals surface area contributed by atoms with Gasteiger partial charge in [-0.3, -0.25) is 0 Å². The summed E-state index contributed by atoms with van der Waals surface area (Å²) in [5.74, 6) is -0.242. The average Bonchev–Trinajstić information content (AvgIpc) is 2.97. The lowest BCUT2D eigenvalue weighted by Gasteiger charge is -2.04. The maximum atomic E-state index is 12.4. The van der Waals surface area contributed by atoms with E-state index in [0.717, 1.165) is 6.26 Å². The van der Waals surface area contributed by atoms with Gasteiger partial charge in [0.15, 0.2) is 25.3 Å². The Morgan fingerprint density at radius 1 is 1.20 bits per heavy atom. The molecular formula is C16H14N2O5S2. The fraction of sp³-hybridized carbons (Fsp3) is 0.125. The third kappa shape index (κ3) is 3.33. The van der Waals surface area contributed by atoms with Crippen molar-refractivity contribution in [3.8, 4) is 11.6 Å². The summed E-state index contributed by atoms with van der Waals surface area (Å²) in [6.07, 6.45) is 3.81. The molecule has 0 N–H and O–H groups in total. The van der Waals surface area contributed by atoms with Crippen LogP contribution in [0.5, 0.6) is 0 Å². The summed E-state index contributed by atoms with van der Waals surface area (Å²) in [4.78, 5) is 8.36. The Kier molecular flexibility index (Phi) is 4.21. The van der Waals surface area contributed by atoms with Gasteiger partial charge in [-0.25, -0.2) is 26.8 Å². The van der Waals surface area contributed by atoms with E-state index >= 15 is 0 Å². The van der Waals surface area contributed by atoms with Gasteiger partial charge in [-0.15, -0.1) is 6.58 Å². The predicted octanol–water partition coefficient (Wildman–Crippen LogP) is 2.25. The van der Waals surface area contributed by atoms with Gasteiger partial charge in [-0.2, -0.15) is 0 Å². The van der Waals surface area contributed by atoms with Gasteiger partial charge in [0.2, 0.25) is 5.89 Å². The van der Waals surface area contributed by atoms with Gasteiger partial charge >= 0.3 is 0 Å². The number of rotatable bonds is 5. The topological polar surface area (TPSA) is 107 Å². The Labute approximate surface area is 144 Å². The summed E-state index contributed by atoms with van der Waals surface area (Å²) in [6, 6.07) is 7.17. The van der Waals surface area contributed by atoms with E-state index in [1.165, 1.54) is 42.6 Å². The van der Waals surface area contributed by atoms with E-state index < -0.39 is 19.7 Å². The van der Waals surface area contributed by atoms with Gasteiger partial charge in [0.25, 0.3) is 0 Å². The zero-order chi connectivity index (χ0) is 18.2. The Morgan fingerprint density at radius 3 is 2.64 bits per heavy atom. The summed E-state index contributed by atoms with van der Waals surface area (Å²) in [5, 5.41) is 0. The number of hydrogen-bond donors (Lipinski definition) is 0. The highest BCUT2D eigenvalue weighted by Gasteiger charge is 2.23. The molecule has 0 aliphatic heterocycles. The normalized spacial score (nSPS) is 12.4. The molecule has 25 heavy (non-hydrogen) atoms. The Morgan fingerprint density at radius 2 is 1.96 bits per heavy atom. The molecule has 3 rings (SSSR count). The monoisotopic (exact) mass is 378 g/mol. The molecule has 0 unspecified atom stereocenters. The largest absolute Gasteiger partial charge is 0.435 e. The van der Waals surface area contributed by atoms with Crippen molar-refractivity contribution in [2.45, 2.75) is 9.79 Å². The zero-order valence-electron chi connectivity index (χ0n) is 13.2. The number of pyridine rings is 1. The molecule has 3 aromatic rings. The smallest absolute Gasteiger partial charge is 0.247 e. The molecule has 0 spiro atoms. The molecule has 0 fully saturated rings. The summed E-state index contributed by atoms with van der Waals surface area (Å²) in [7, 11) is -7.03. The lowest BCUT2D eigenvalue weighted by Crippen LogP contribution is -2.07. The first kappa shape index (κ1) is 17.3.